The number of rotatable bonds is 23. The Kier molecular flexibility index (Phi) is 22.7. The molecule has 2 heteroatoms. The van der Waals surface area contributed by atoms with Crippen LogP contribution in [0.2, 0.25) is 0 Å². The first-order chi connectivity index (χ1) is 14.7. The molecule has 0 saturated heterocycles. The van der Waals surface area contributed by atoms with Crippen LogP contribution in [0.15, 0.2) is 0 Å². The predicted octanol–water partition coefficient (Wildman–Crippen LogP) is 9.64. The summed E-state index contributed by atoms with van der Waals surface area (Å²) in [5, 5.41) is 0. The first-order valence-electron chi connectivity index (χ1n) is 13.8. The average Bonchev–Trinajstić information content (AvgIpc) is 2.75. The summed E-state index contributed by atoms with van der Waals surface area (Å²) in [6.07, 6.45) is 25.5. The molecular weight excluding hydrogens is 368 g/mol. The van der Waals surface area contributed by atoms with Gasteiger partial charge in [-0.05, 0) is 25.2 Å². The van der Waals surface area contributed by atoms with Gasteiger partial charge in [0.25, 0.3) is 0 Å². The zero-order valence-corrected chi connectivity index (χ0v) is 21.3. The maximum Gasteiger partial charge on any atom is 0.309 e. The molecule has 2 nitrogen and oxygen atoms in total. The smallest absolute Gasteiger partial charge is 0.309 e. The zero-order valence-electron chi connectivity index (χ0n) is 21.3. The fourth-order valence-corrected chi connectivity index (χ4v) is 4.38. The third-order valence-corrected chi connectivity index (χ3v) is 6.61. The molecule has 2 unspecified atom stereocenters. The molecule has 0 bridgehead atoms. The van der Waals surface area contributed by atoms with E-state index in [4.69, 9.17) is 4.74 Å². The monoisotopic (exact) mass is 424 g/mol. The standard InChI is InChI=1S/C28H56O2/c1-5-8-11-13-15-17-19-21-24-27(26(4)23-10-7-3)28(29)30-25-22-20-18-16-14-12-9-6-2/h26-27H,5-25H2,1-4H3. The number of ether oxygens (including phenoxy) is 1. The van der Waals surface area contributed by atoms with Gasteiger partial charge in [0.05, 0.1) is 12.5 Å². The summed E-state index contributed by atoms with van der Waals surface area (Å²) in [6.45, 7) is 9.67. The summed E-state index contributed by atoms with van der Waals surface area (Å²) < 4.78 is 5.73. The minimum absolute atomic E-state index is 0.0875. The van der Waals surface area contributed by atoms with Gasteiger partial charge in [0.15, 0.2) is 0 Å². The Balaban J connectivity index is 4.03. The van der Waals surface area contributed by atoms with Gasteiger partial charge in [-0.25, -0.2) is 0 Å². The lowest BCUT2D eigenvalue weighted by molar-refractivity contribution is -0.151. The summed E-state index contributed by atoms with van der Waals surface area (Å²) in [5.41, 5.74) is 0. The van der Waals surface area contributed by atoms with Gasteiger partial charge in [-0.2, -0.15) is 0 Å². The van der Waals surface area contributed by atoms with E-state index in [9.17, 15) is 4.79 Å². The second-order valence-electron chi connectivity index (χ2n) is 9.63. The van der Waals surface area contributed by atoms with Crippen molar-refractivity contribution < 1.29 is 9.53 Å². The van der Waals surface area contributed by atoms with E-state index >= 15 is 0 Å². The summed E-state index contributed by atoms with van der Waals surface area (Å²) in [4.78, 5) is 12.8. The van der Waals surface area contributed by atoms with E-state index in [0.717, 1.165) is 19.3 Å². The lowest BCUT2D eigenvalue weighted by Crippen LogP contribution is -2.25. The van der Waals surface area contributed by atoms with Crippen molar-refractivity contribution in [2.45, 2.75) is 156 Å². The summed E-state index contributed by atoms with van der Waals surface area (Å²) >= 11 is 0. The molecule has 0 heterocycles. The Morgan fingerprint density at radius 3 is 1.50 bits per heavy atom. The first kappa shape index (κ1) is 29.5. The van der Waals surface area contributed by atoms with Crippen LogP contribution >= 0.6 is 0 Å². The second-order valence-corrected chi connectivity index (χ2v) is 9.63. The third kappa shape index (κ3) is 18.3. The van der Waals surface area contributed by atoms with Gasteiger partial charge < -0.3 is 4.74 Å². The Bertz CT molecular complexity index is 353. The zero-order chi connectivity index (χ0) is 22.3. The maximum atomic E-state index is 12.8. The second kappa shape index (κ2) is 23.1. The molecule has 0 N–H and O–H groups in total. The number of hydrogen-bond donors (Lipinski definition) is 0. The number of unbranched alkanes of at least 4 members (excludes halogenated alkanes) is 15. The van der Waals surface area contributed by atoms with Gasteiger partial charge in [-0.15, -0.1) is 0 Å². The lowest BCUT2D eigenvalue weighted by atomic mass is 9.85. The van der Waals surface area contributed by atoms with E-state index in [0.29, 0.717) is 12.5 Å². The molecular formula is C28H56O2. The fraction of sp³-hybridized carbons (Fsp3) is 0.964. The average molecular weight is 425 g/mol. The molecule has 0 amide bonds. The highest BCUT2D eigenvalue weighted by molar-refractivity contribution is 5.72. The molecule has 180 valence electrons. The van der Waals surface area contributed by atoms with Gasteiger partial charge in [0.2, 0.25) is 0 Å². The van der Waals surface area contributed by atoms with Crippen LogP contribution in [0.4, 0.5) is 0 Å². The van der Waals surface area contributed by atoms with E-state index in [2.05, 4.69) is 27.7 Å². The largest absolute Gasteiger partial charge is 0.465 e. The van der Waals surface area contributed by atoms with Gasteiger partial charge in [0, 0.05) is 0 Å². The molecule has 30 heavy (non-hydrogen) atoms. The van der Waals surface area contributed by atoms with Gasteiger partial charge in [-0.3, -0.25) is 4.79 Å². The van der Waals surface area contributed by atoms with E-state index in [1.165, 1.54) is 109 Å². The Morgan fingerprint density at radius 2 is 1.00 bits per heavy atom. The Morgan fingerprint density at radius 1 is 0.567 bits per heavy atom. The number of carbonyl (C=O) groups is 1. The number of esters is 1. The van der Waals surface area contributed by atoms with E-state index in [-0.39, 0.29) is 11.9 Å². The molecule has 0 spiro atoms. The SMILES string of the molecule is CCCCCCCCCCOC(=O)C(CCCCCCCCCC)C(C)CCCC. The van der Waals surface area contributed by atoms with Crippen LogP contribution in [0, 0.1) is 11.8 Å². The van der Waals surface area contributed by atoms with E-state index in [1.807, 2.05) is 0 Å². The van der Waals surface area contributed by atoms with Gasteiger partial charge >= 0.3 is 5.97 Å². The normalized spacial score (nSPS) is 13.3. The third-order valence-electron chi connectivity index (χ3n) is 6.61. The highest BCUT2D eigenvalue weighted by atomic mass is 16.5. The van der Waals surface area contributed by atoms with Crippen molar-refractivity contribution in [2.24, 2.45) is 11.8 Å². The summed E-state index contributed by atoms with van der Waals surface area (Å²) in [6, 6.07) is 0. The topological polar surface area (TPSA) is 26.3 Å². The van der Waals surface area contributed by atoms with Crippen LogP contribution in [0.5, 0.6) is 0 Å². The summed E-state index contributed by atoms with van der Waals surface area (Å²) in [5.74, 6) is 0.663. The van der Waals surface area contributed by atoms with Crippen molar-refractivity contribution in [3.63, 3.8) is 0 Å². The molecule has 0 aromatic carbocycles. The minimum Gasteiger partial charge on any atom is -0.465 e. The number of carbonyl (C=O) groups excluding carboxylic acids is 1. The van der Waals surface area contributed by atoms with Crippen LogP contribution < -0.4 is 0 Å². The van der Waals surface area contributed by atoms with Crippen LogP contribution in [0.3, 0.4) is 0 Å². The molecule has 0 fully saturated rings. The molecule has 0 saturated carbocycles. The van der Waals surface area contributed by atoms with Crippen molar-refractivity contribution in [1.29, 1.82) is 0 Å². The van der Waals surface area contributed by atoms with Crippen molar-refractivity contribution in [1.82, 2.24) is 0 Å². The Labute approximate surface area is 190 Å². The molecule has 0 radical (unpaired) electrons. The van der Waals surface area contributed by atoms with Gasteiger partial charge in [0.1, 0.15) is 0 Å². The molecule has 0 aliphatic carbocycles. The van der Waals surface area contributed by atoms with Crippen molar-refractivity contribution in [3.8, 4) is 0 Å². The maximum absolute atomic E-state index is 12.8. The van der Waals surface area contributed by atoms with E-state index < -0.39 is 0 Å². The van der Waals surface area contributed by atoms with Crippen LogP contribution in [0.1, 0.15) is 156 Å². The molecule has 0 aliphatic heterocycles. The van der Waals surface area contributed by atoms with E-state index in [1.54, 1.807) is 0 Å². The van der Waals surface area contributed by atoms with Crippen LogP contribution in [-0.4, -0.2) is 12.6 Å². The van der Waals surface area contributed by atoms with Crippen LogP contribution in [-0.2, 0) is 9.53 Å². The Hall–Kier alpha value is -0.530. The quantitative estimate of drug-likeness (QED) is 0.120. The van der Waals surface area contributed by atoms with Crippen LogP contribution in [0.25, 0.3) is 0 Å². The van der Waals surface area contributed by atoms with Crippen molar-refractivity contribution in [3.05, 3.63) is 0 Å². The minimum atomic E-state index is 0.0875. The van der Waals surface area contributed by atoms with Crippen molar-refractivity contribution >= 4 is 5.97 Å². The summed E-state index contributed by atoms with van der Waals surface area (Å²) in [7, 11) is 0. The molecule has 0 aliphatic rings. The predicted molar refractivity (Wildman–Crippen MR) is 133 cm³/mol. The molecule has 0 rings (SSSR count). The highest BCUT2D eigenvalue weighted by Gasteiger charge is 2.25. The molecule has 0 aromatic rings. The van der Waals surface area contributed by atoms with Gasteiger partial charge in [-0.1, -0.05) is 137 Å². The molecule has 2 atom stereocenters. The lowest BCUT2D eigenvalue weighted by Gasteiger charge is -2.22. The number of hydrogen-bond acceptors (Lipinski definition) is 2. The van der Waals surface area contributed by atoms with Crippen molar-refractivity contribution in [2.75, 3.05) is 6.61 Å². The highest BCUT2D eigenvalue weighted by Crippen LogP contribution is 2.26. The fourth-order valence-electron chi connectivity index (χ4n) is 4.38. The molecule has 0 aromatic heterocycles. The first-order valence-corrected chi connectivity index (χ1v) is 13.8.